The smallest absolute Gasteiger partial charge is 0.256 e. The van der Waals surface area contributed by atoms with E-state index in [4.69, 9.17) is 11.6 Å². The Bertz CT molecular complexity index is 1140. The Morgan fingerprint density at radius 2 is 1.76 bits per heavy atom. The number of rotatable bonds is 2. The maximum absolute atomic E-state index is 14.3. The van der Waals surface area contributed by atoms with E-state index in [1.807, 2.05) is 6.92 Å². The van der Waals surface area contributed by atoms with E-state index in [-0.39, 0.29) is 34.5 Å². The molecular weight excluding hydrogens is 454 g/mol. The first-order valence-electron chi connectivity index (χ1n) is 11.9. The van der Waals surface area contributed by atoms with Crippen LogP contribution < -0.4 is 4.90 Å². The lowest BCUT2D eigenvalue weighted by Gasteiger charge is -2.48. The maximum Gasteiger partial charge on any atom is 0.256 e. The Labute approximate surface area is 204 Å². The van der Waals surface area contributed by atoms with Crippen molar-refractivity contribution in [2.45, 2.75) is 51.9 Å². The monoisotopic (exact) mass is 485 g/mol. The fourth-order valence-electron chi connectivity index (χ4n) is 7.37. The third kappa shape index (κ3) is 2.74. The summed E-state index contributed by atoms with van der Waals surface area (Å²) in [6.45, 7) is 7.84. The average Bonchev–Trinajstić information content (AvgIpc) is 3.29. The molecule has 182 valence electrons. The predicted molar refractivity (Wildman–Crippen MR) is 129 cm³/mol. The number of anilines is 1. The molecule has 2 saturated carbocycles. The quantitative estimate of drug-likeness (QED) is 0.559. The Hall–Kier alpha value is -1.99. The Kier molecular flexibility index (Phi) is 5.07. The van der Waals surface area contributed by atoms with Gasteiger partial charge in [0.05, 0.1) is 5.41 Å². The molecule has 0 saturated heterocycles. The van der Waals surface area contributed by atoms with Gasteiger partial charge in [-0.2, -0.15) is 0 Å². The van der Waals surface area contributed by atoms with E-state index in [0.29, 0.717) is 22.7 Å². The van der Waals surface area contributed by atoms with E-state index in [9.17, 15) is 24.9 Å². The van der Waals surface area contributed by atoms with E-state index in [1.54, 1.807) is 50.4 Å². The van der Waals surface area contributed by atoms with E-state index in [2.05, 4.69) is 13.8 Å². The molecule has 4 aliphatic carbocycles. The second-order valence-corrected chi connectivity index (χ2v) is 11.8. The molecule has 2 fully saturated rings. The van der Waals surface area contributed by atoms with Gasteiger partial charge in [-0.3, -0.25) is 9.59 Å². The van der Waals surface area contributed by atoms with Crippen molar-refractivity contribution >= 4 is 29.0 Å². The van der Waals surface area contributed by atoms with Gasteiger partial charge in [-0.1, -0.05) is 44.5 Å². The molecule has 7 heteroatoms. The number of hydrogen-bond donors (Lipinski definition) is 3. The normalized spacial score (nSPS) is 42.0. The maximum atomic E-state index is 14.3. The molecule has 0 unspecified atom stereocenters. The van der Waals surface area contributed by atoms with Crippen LogP contribution in [-0.4, -0.2) is 51.9 Å². The molecule has 0 heterocycles. The summed E-state index contributed by atoms with van der Waals surface area (Å²) in [5, 5.41) is 35.4. The van der Waals surface area contributed by atoms with Gasteiger partial charge in [-0.25, -0.2) is 0 Å². The van der Waals surface area contributed by atoms with Crippen LogP contribution in [0.1, 0.15) is 34.1 Å². The zero-order chi connectivity index (χ0) is 25.0. The van der Waals surface area contributed by atoms with Crippen LogP contribution in [0.5, 0.6) is 0 Å². The summed E-state index contributed by atoms with van der Waals surface area (Å²) >= 11 is 5.99. The third-order valence-corrected chi connectivity index (χ3v) is 9.68. The molecule has 0 radical (unpaired) electrons. The van der Waals surface area contributed by atoms with Crippen molar-refractivity contribution in [2.75, 3.05) is 11.9 Å². The summed E-state index contributed by atoms with van der Waals surface area (Å²) in [7, 11) is 1.57. The van der Waals surface area contributed by atoms with E-state index in [0.717, 1.165) is 0 Å². The van der Waals surface area contributed by atoms with Gasteiger partial charge in [0.1, 0.15) is 17.8 Å². The fraction of sp³-hybridized carbons (Fsp3) is 0.556. The van der Waals surface area contributed by atoms with Crippen LogP contribution in [-0.2, 0) is 9.59 Å². The molecule has 8 atom stereocenters. The van der Waals surface area contributed by atoms with Gasteiger partial charge in [0.2, 0.25) is 0 Å². The number of carbonyl (C=O) groups is 2. The minimum atomic E-state index is -2.23. The molecule has 4 aliphatic rings. The van der Waals surface area contributed by atoms with Gasteiger partial charge in [-0.15, -0.1) is 0 Å². The van der Waals surface area contributed by atoms with E-state index in [1.165, 1.54) is 4.90 Å². The van der Waals surface area contributed by atoms with Crippen LogP contribution in [0.25, 0.3) is 0 Å². The van der Waals surface area contributed by atoms with Crippen molar-refractivity contribution < 1.29 is 24.9 Å². The minimum Gasteiger partial charge on any atom is -0.386 e. The first-order chi connectivity index (χ1) is 15.8. The molecule has 0 aromatic heterocycles. The second kappa shape index (κ2) is 7.26. The number of ketones is 1. The number of aliphatic hydroxyl groups is 3. The zero-order valence-corrected chi connectivity index (χ0v) is 20.9. The Morgan fingerprint density at radius 1 is 1.15 bits per heavy atom. The number of halogens is 1. The summed E-state index contributed by atoms with van der Waals surface area (Å²) in [6.07, 6.45) is 0.747. The van der Waals surface area contributed by atoms with Gasteiger partial charge in [0, 0.05) is 29.2 Å². The van der Waals surface area contributed by atoms with Gasteiger partial charge in [0.25, 0.3) is 5.91 Å². The molecule has 34 heavy (non-hydrogen) atoms. The molecule has 1 spiro atoms. The molecular formula is C27H32ClNO5. The molecule has 2 bridgehead atoms. The third-order valence-electron chi connectivity index (χ3n) is 9.42. The molecule has 1 aromatic rings. The van der Waals surface area contributed by atoms with Crippen LogP contribution >= 0.6 is 11.6 Å². The van der Waals surface area contributed by atoms with Crippen LogP contribution in [0.4, 0.5) is 5.69 Å². The highest BCUT2D eigenvalue weighted by Gasteiger charge is 2.76. The van der Waals surface area contributed by atoms with Crippen LogP contribution in [0.15, 0.2) is 47.6 Å². The largest absolute Gasteiger partial charge is 0.386 e. The van der Waals surface area contributed by atoms with Crippen molar-refractivity contribution in [3.8, 4) is 0 Å². The second-order valence-electron chi connectivity index (χ2n) is 11.3. The van der Waals surface area contributed by atoms with Crippen molar-refractivity contribution in [1.82, 2.24) is 0 Å². The number of benzene rings is 1. The lowest BCUT2D eigenvalue weighted by molar-refractivity contribution is -0.189. The van der Waals surface area contributed by atoms with Crippen molar-refractivity contribution in [1.29, 1.82) is 0 Å². The van der Waals surface area contributed by atoms with Gasteiger partial charge in [-0.05, 0) is 66.4 Å². The number of hydrogen-bond acceptors (Lipinski definition) is 5. The number of amides is 1. The van der Waals surface area contributed by atoms with Crippen LogP contribution in [0, 0.1) is 34.5 Å². The summed E-state index contributed by atoms with van der Waals surface area (Å²) in [4.78, 5) is 29.4. The highest BCUT2D eigenvalue weighted by atomic mass is 35.5. The molecule has 0 aliphatic heterocycles. The number of fused-ring (bicyclic) bond motifs is 3. The lowest BCUT2D eigenvalue weighted by Crippen LogP contribution is -2.65. The highest BCUT2D eigenvalue weighted by molar-refractivity contribution is 6.30. The zero-order valence-electron chi connectivity index (χ0n) is 20.1. The van der Waals surface area contributed by atoms with Crippen molar-refractivity contribution in [2.24, 2.45) is 34.5 Å². The van der Waals surface area contributed by atoms with E-state index < -0.39 is 35.0 Å². The van der Waals surface area contributed by atoms with Crippen LogP contribution in [0.3, 0.4) is 0 Å². The Morgan fingerprint density at radius 3 is 2.38 bits per heavy atom. The number of aliphatic hydroxyl groups excluding tert-OH is 2. The van der Waals surface area contributed by atoms with Crippen molar-refractivity contribution in [3.05, 3.63) is 52.6 Å². The number of Topliss-reactive ketones (excluding diaryl/α,β-unsaturated/α-hetero) is 1. The predicted octanol–water partition coefficient (Wildman–Crippen LogP) is 3.14. The first kappa shape index (κ1) is 23.7. The summed E-state index contributed by atoms with van der Waals surface area (Å²) in [5.41, 5.74) is -2.86. The standard InChI is InChI=1S/C27H32ClNO5/c1-13-12-26-14(2)10-19-20(25(19,3)4)17(22(26)31)11-18(23(32)27(26,34)21(13)30)24(33)29(5)16-8-6-15(28)7-9-16/h6-9,11-12,14,17,19-21,23,30,32,34H,10H2,1-5H3/t14-,17+,19-,20+,21+,23-,26+,27-/m1/s1. The number of nitrogens with zero attached hydrogens (tertiary/aromatic N) is 1. The van der Waals surface area contributed by atoms with Gasteiger partial charge < -0.3 is 20.2 Å². The topological polar surface area (TPSA) is 98.1 Å². The lowest BCUT2D eigenvalue weighted by atomic mass is 9.59. The van der Waals surface area contributed by atoms with Crippen molar-refractivity contribution in [3.63, 3.8) is 0 Å². The van der Waals surface area contributed by atoms with E-state index >= 15 is 0 Å². The molecule has 1 amide bonds. The molecule has 6 nitrogen and oxygen atoms in total. The highest BCUT2D eigenvalue weighted by Crippen LogP contribution is 2.71. The SMILES string of the molecule is CC1=C[C@]23C(=O)[C@@H](C=C(C(=O)N(C)c4ccc(Cl)cc4)[C@@H](O)[C@]2(O)[C@H]1O)[C@H]1[C@@H](C[C@H]3C)C1(C)C. The average molecular weight is 486 g/mol. The number of carbonyl (C=O) groups excluding carboxylic acids is 2. The fourth-order valence-corrected chi connectivity index (χ4v) is 7.50. The minimum absolute atomic E-state index is 0.00598. The molecule has 5 rings (SSSR count). The Balaban J connectivity index is 1.68. The molecule has 1 aromatic carbocycles. The van der Waals surface area contributed by atoms with Gasteiger partial charge >= 0.3 is 0 Å². The molecule has 3 N–H and O–H groups in total. The first-order valence-corrected chi connectivity index (χ1v) is 12.3. The number of likely N-dealkylation sites (N-methyl/N-ethyl adjacent to an activating group) is 1. The van der Waals surface area contributed by atoms with Gasteiger partial charge in [0.15, 0.2) is 5.78 Å². The summed E-state index contributed by atoms with van der Waals surface area (Å²) in [5.74, 6) is -1.44. The summed E-state index contributed by atoms with van der Waals surface area (Å²) in [6, 6.07) is 6.70. The number of allylic oxidation sites excluding steroid dienone is 1. The van der Waals surface area contributed by atoms with Crippen LogP contribution in [0.2, 0.25) is 5.02 Å². The summed E-state index contributed by atoms with van der Waals surface area (Å²) < 4.78 is 0.